The summed E-state index contributed by atoms with van der Waals surface area (Å²) in [7, 11) is 0.322. The predicted molar refractivity (Wildman–Crippen MR) is 61.6 cm³/mol. The first-order valence-electron chi connectivity index (χ1n) is 3.72. The van der Waals surface area contributed by atoms with Crippen LogP contribution in [0.3, 0.4) is 0 Å². The zero-order valence-corrected chi connectivity index (χ0v) is 11.3. The Bertz CT molecular complexity index is 580. The number of rotatable bonds is 3. The van der Waals surface area contributed by atoms with Gasteiger partial charge in [-0.15, -0.1) is 0 Å². The topological polar surface area (TPSA) is 90.2 Å². The Balaban J connectivity index is 3.77. The molecule has 0 fully saturated rings. The molecule has 1 heterocycles. The second-order valence-corrected chi connectivity index (χ2v) is 6.27. The van der Waals surface area contributed by atoms with Crippen molar-refractivity contribution >= 4 is 48.0 Å². The van der Waals surface area contributed by atoms with E-state index < -0.39 is 36.7 Å². The first-order chi connectivity index (χ1) is 7.64. The number of alkyl halides is 2. The average Bonchev–Trinajstić information content (AvgIpc) is 2.14. The molecule has 0 unspecified atom stereocenters. The SMILES string of the molecule is O=[N+]([O-])c1cc(I)nc(S(=O)(=O)Cl)c1C(F)F. The number of nitrogens with zero attached hydrogens (tertiary/aromatic N) is 2. The van der Waals surface area contributed by atoms with E-state index in [0.717, 1.165) is 6.07 Å². The molecule has 6 nitrogen and oxygen atoms in total. The second kappa shape index (κ2) is 4.94. The molecule has 0 atom stereocenters. The molecule has 0 radical (unpaired) electrons. The van der Waals surface area contributed by atoms with E-state index in [1.807, 2.05) is 0 Å². The average molecular weight is 399 g/mol. The number of hydrogen-bond donors (Lipinski definition) is 0. The third kappa shape index (κ3) is 3.19. The van der Waals surface area contributed by atoms with Gasteiger partial charge in [-0.05, 0) is 22.6 Å². The lowest BCUT2D eigenvalue weighted by Crippen LogP contribution is -2.07. The summed E-state index contributed by atoms with van der Waals surface area (Å²) in [5.74, 6) is 0. The second-order valence-electron chi connectivity index (χ2n) is 2.68. The maximum absolute atomic E-state index is 12.6. The Morgan fingerprint density at radius 3 is 2.41 bits per heavy atom. The van der Waals surface area contributed by atoms with Gasteiger partial charge in [0.15, 0.2) is 5.03 Å². The summed E-state index contributed by atoms with van der Waals surface area (Å²) in [6.07, 6.45) is -3.37. The molecule has 1 aromatic rings. The van der Waals surface area contributed by atoms with E-state index in [0.29, 0.717) is 0 Å². The minimum absolute atomic E-state index is 0.127. The molecule has 0 saturated heterocycles. The molecule has 1 rings (SSSR count). The van der Waals surface area contributed by atoms with Crippen molar-refractivity contribution in [2.24, 2.45) is 0 Å². The van der Waals surface area contributed by atoms with Crippen LogP contribution in [0.4, 0.5) is 14.5 Å². The van der Waals surface area contributed by atoms with Crippen molar-refractivity contribution in [2.45, 2.75) is 11.5 Å². The number of halogens is 4. The van der Waals surface area contributed by atoms with Gasteiger partial charge in [-0.1, -0.05) is 0 Å². The molecule has 0 aromatic carbocycles. The van der Waals surface area contributed by atoms with Crippen LogP contribution in [0.5, 0.6) is 0 Å². The Morgan fingerprint density at radius 2 is 2.06 bits per heavy atom. The van der Waals surface area contributed by atoms with E-state index in [9.17, 15) is 27.3 Å². The van der Waals surface area contributed by atoms with Crippen LogP contribution in [-0.4, -0.2) is 18.3 Å². The molecule has 11 heteroatoms. The highest BCUT2D eigenvalue weighted by Gasteiger charge is 2.33. The molecule has 0 aliphatic heterocycles. The molecular formula is C6H2ClF2IN2O4S. The maximum atomic E-state index is 12.6. The van der Waals surface area contributed by atoms with Crippen LogP contribution in [-0.2, 0) is 9.05 Å². The van der Waals surface area contributed by atoms with Gasteiger partial charge in [-0.25, -0.2) is 22.2 Å². The quantitative estimate of drug-likeness (QED) is 0.256. The van der Waals surface area contributed by atoms with Crippen molar-refractivity contribution in [3.63, 3.8) is 0 Å². The van der Waals surface area contributed by atoms with Gasteiger partial charge in [-0.2, -0.15) is 0 Å². The monoisotopic (exact) mass is 398 g/mol. The summed E-state index contributed by atoms with van der Waals surface area (Å²) in [4.78, 5) is 12.7. The van der Waals surface area contributed by atoms with Gasteiger partial charge in [0.2, 0.25) is 0 Å². The van der Waals surface area contributed by atoms with Crippen molar-refractivity contribution in [1.82, 2.24) is 4.98 Å². The third-order valence-electron chi connectivity index (χ3n) is 1.62. The smallest absolute Gasteiger partial charge is 0.258 e. The Kier molecular flexibility index (Phi) is 4.19. The van der Waals surface area contributed by atoms with Crippen molar-refractivity contribution in [3.05, 3.63) is 25.4 Å². The maximum Gasteiger partial charge on any atom is 0.283 e. The van der Waals surface area contributed by atoms with Gasteiger partial charge < -0.3 is 0 Å². The fourth-order valence-electron chi connectivity index (χ4n) is 1.03. The highest BCUT2D eigenvalue weighted by atomic mass is 127. The number of pyridine rings is 1. The molecule has 0 amide bonds. The van der Waals surface area contributed by atoms with E-state index in [1.54, 1.807) is 0 Å². The predicted octanol–water partition coefficient (Wildman–Crippen LogP) is 2.46. The number of nitro groups is 1. The van der Waals surface area contributed by atoms with Crippen LogP contribution in [0, 0.1) is 13.8 Å². The molecule has 0 saturated carbocycles. The van der Waals surface area contributed by atoms with Gasteiger partial charge in [0.25, 0.3) is 21.2 Å². The molecule has 0 bridgehead atoms. The Hall–Kier alpha value is -0.620. The highest BCUT2D eigenvalue weighted by Crippen LogP contribution is 2.35. The largest absolute Gasteiger partial charge is 0.283 e. The normalized spacial score (nSPS) is 11.8. The minimum atomic E-state index is -4.59. The first-order valence-corrected chi connectivity index (χ1v) is 7.11. The van der Waals surface area contributed by atoms with Crippen molar-refractivity contribution in [1.29, 1.82) is 0 Å². The fourth-order valence-corrected chi connectivity index (χ4v) is 2.75. The van der Waals surface area contributed by atoms with Gasteiger partial charge >= 0.3 is 0 Å². The molecular weight excluding hydrogens is 396 g/mol. The zero-order chi connectivity index (χ0) is 13.4. The standard InChI is InChI=1S/C6H2ClF2IN2O4S/c7-17(15,16)6-4(5(8)9)2(12(13)14)1-3(10)11-6/h1,5H. The van der Waals surface area contributed by atoms with Gasteiger partial charge in [-0.3, -0.25) is 10.1 Å². The molecule has 0 N–H and O–H groups in total. The van der Waals surface area contributed by atoms with Crippen molar-refractivity contribution in [2.75, 3.05) is 0 Å². The highest BCUT2D eigenvalue weighted by molar-refractivity contribution is 14.1. The molecule has 1 aromatic heterocycles. The lowest BCUT2D eigenvalue weighted by molar-refractivity contribution is -0.386. The third-order valence-corrected chi connectivity index (χ3v) is 3.38. The summed E-state index contributed by atoms with van der Waals surface area (Å²) < 4.78 is 47.2. The summed E-state index contributed by atoms with van der Waals surface area (Å²) in [5.41, 5.74) is -2.33. The first kappa shape index (κ1) is 14.4. The summed E-state index contributed by atoms with van der Waals surface area (Å²) in [6, 6.07) is 0.744. The molecule has 17 heavy (non-hydrogen) atoms. The van der Waals surface area contributed by atoms with Crippen LogP contribution in [0.25, 0.3) is 0 Å². The van der Waals surface area contributed by atoms with E-state index in [1.165, 1.54) is 22.6 Å². The number of hydrogen-bond acceptors (Lipinski definition) is 5. The molecule has 94 valence electrons. The zero-order valence-electron chi connectivity index (χ0n) is 7.60. The minimum Gasteiger partial charge on any atom is -0.258 e. The van der Waals surface area contributed by atoms with Crippen LogP contribution < -0.4 is 0 Å². The fraction of sp³-hybridized carbons (Fsp3) is 0.167. The summed E-state index contributed by atoms with van der Waals surface area (Å²) in [6.45, 7) is 0. The summed E-state index contributed by atoms with van der Waals surface area (Å²) >= 11 is 1.46. The van der Waals surface area contributed by atoms with E-state index in [-0.39, 0.29) is 3.70 Å². The van der Waals surface area contributed by atoms with Gasteiger partial charge in [0, 0.05) is 16.7 Å². The lowest BCUT2D eigenvalue weighted by Gasteiger charge is -2.06. The van der Waals surface area contributed by atoms with Crippen LogP contribution >= 0.6 is 33.3 Å². The van der Waals surface area contributed by atoms with Gasteiger partial charge in [0.1, 0.15) is 9.26 Å². The molecule has 0 aliphatic rings. The Labute approximate surface area is 112 Å². The van der Waals surface area contributed by atoms with Gasteiger partial charge in [0.05, 0.1) is 4.92 Å². The Morgan fingerprint density at radius 1 is 1.53 bits per heavy atom. The van der Waals surface area contributed by atoms with Crippen LogP contribution in [0.1, 0.15) is 12.0 Å². The van der Waals surface area contributed by atoms with E-state index in [4.69, 9.17) is 10.7 Å². The van der Waals surface area contributed by atoms with Crippen LogP contribution in [0.15, 0.2) is 11.1 Å². The lowest BCUT2D eigenvalue weighted by atomic mass is 10.2. The van der Waals surface area contributed by atoms with E-state index in [2.05, 4.69) is 4.98 Å². The summed E-state index contributed by atoms with van der Waals surface area (Å²) in [5, 5.41) is 9.37. The van der Waals surface area contributed by atoms with Crippen molar-refractivity contribution < 1.29 is 22.1 Å². The number of aromatic nitrogens is 1. The van der Waals surface area contributed by atoms with Crippen molar-refractivity contribution in [3.8, 4) is 0 Å². The van der Waals surface area contributed by atoms with E-state index >= 15 is 0 Å². The molecule has 0 aliphatic carbocycles. The van der Waals surface area contributed by atoms with Crippen LogP contribution in [0.2, 0.25) is 0 Å². The molecule has 0 spiro atoms.